The van der Waals surface area contributed by atoms with Crippen molar-refractivity contribution in [2.75, 3.05) is 13.7 Å². The van der Waals surface area contributed by atoms with Gasteiger partial charge < -0.3 is 14.0 Å². The standard InChI is InChI=1S/C18H23BF3NO4/c1-16(2)17(3,4)27-19(26-16)12-8-11-10-23(18(21,22)15(20)24)7-6-13(11)14(9-12)25-5/h8-9H,6-7,10H2,1-5H3. The molecule has 0 amide bonds. The lowest BCUT2D eigenvalue weighted by molar-refractivity contribution is -0.191. The molecule has 1 saturated heterocycles. The first-order valence-corrected chi connectivity index (χ1v) is 8.77. The summed E-state index contributed by atoms with van der Waals surface area (Å²) in [6.07, 6.45) is 0.213. The summed E-state index contributed by atoms with van der Waals surface area (Å²) in [5.41, 5.74) is 0.810. The number of benzene rings is 1. The summed E-state index contributed by atoms with van der Waals surface area (Å²) in [5.74, 6) is 0.534. The number of hydrogen-bond acceptors (Lipinski definition) is 5. The number of alkyl halides is 2. The van der Waals surface area contributed by atoms with E-state index in [4.69, 9.17) is 14.0 Å². The lowest BCUT2D eigenvalue weighted by Gasteiger charge is -2.33. The van der Waals surface area contributed by atoms with E-state index in [1.807, 2.05) is 27.7 Å². The molecular formula is C18H23BF3NO4. The Bertz CT molecular complexity index is 753. The van der Waals surface area contributed by atoms with Crippen LogP contribution >= 0.6 is 0 Å². The predicted molar refractivity (Wildman–Crippen MR) is 93.9 cm³/mol. The minimum atomic E-state index is -4.15. The zero-order chi connectivity index (χ0) is 20.2. The monoisotopic (exact) mass is 385 g/mol. The number of rotatable bonds is 4. The fourth-order valence-corrected chi connectivity index (χ4v) is 3.34. The van der Waals surface area contributed by atoms with Gasteiger partial charge in [-0.2, -0.15) is 13.2 Å². The molecule has 0 spiro atoms. The van der Waals surface area contributed by atoms with Crippen LogP contribution in [0, 0.1) is 0 Å². The molecule has 0 unspecified atom stereocenters. The van der Waals surface area contributed by atoms with Crippen LogP contribution in [0.3, 0.4) is 0 Å². The molecule has 1 aromatic rings. The lowest BCUT2D eigenvalue weighted by Crippen LogP contribution is -2.49. The molecule has 0 aliphatic carbocycles. The van der Waals surface area contributed by atoms with Crippen molar-refractivity contribution in [1.82, 2.24) is 4.90 Å². The second kappa shape index (κ2) is 6.50. The maximum absolute atomic E-state index is 13.8. The Morgan fingerprint density at radius 3 is 2.33 bits per heavy atom. The molecule has 2 aliphatic heterocycles. The highest BCUT2D eigenvalue weighted by molar-refractivity contribution is 6.62. The van der Waals surface area contributed by atoms with Gasteiger partial charge in [-0.05, 0) is 56.8 Å². The Hall–Kier alpha value is -1.58. The average Bonchev–Trinajstić information content (AvgIpc) is 2.80. The van der Waals surface area contributed by atoms with E-state index in [2.05, 4.69) is 0 Å². The van der Waals surface area contributed by atoms with Gasteiger partial charge in [-0.1, -0.05) is 6.07 Å². The lowest BCUT2D eigenvalue weighted by atomic mass is 9.76. The molecule has 2 heterocycles. The first-order chi connectivity index (χ1) is 12.4. The molecule has 0 atom stereocenters. The molecule has 1 aromatic carbocycles. The number of hydrogen-bond donors (Lipinski definition) is 0. The number of carbonyl (C=O) groups excluding carboxylic acids is 1. The summed E-state index contributed by atoms with van der Waals surface area (Å²) in [4.78, 5) is 11.2. The smallest absolute Gasteiger partial charge is 0.494 e. The van der Waals surface area contributed by atoms with Crippen LogP contribution in [0.4, 0.5) is 13.2 Å². The summed E-state index contributed by atoms with van der Waals surface area (Å²) in [6, 6.07) is -3.33. The van der Waals surface area contributed by atoms with Crippen molar-refractivity contribution in [3.05, 3.63) is 23.3 Å². The van der Waals surface area contributed by atoms with E-state index in [0.29, 0.717) is 21.7 Å². The molecule has 2 aliphatic rings. The zero-order valence-electron chi connectivity index (χ0n) is 16.1. The number of halogens is 3. The highest BCUT2D eigenvalue weighted by Gasteiger charge is 2.52. The van der Waals surface area contributed by atoms with Crippen LogP contribution in [0.5, 0.6) is 5.75 Å². The molecule has 0 radical (unpaired) electrons. The molecule has 0 saturated carbocycles. The molecule has 0 bridgehead atoms. The Morgan fingerprint density at radius 2 is 1.81 bits per heavy atom. The van der Waals surface area contributed by atoms with Gasteiger partial charge in [0.25, 0.3) is 0 Å². The average molecular weight is 385 g/mol. The number of methoxy groups -OCH3 is 1. The van der Waals surface area contributed by atoms with Crippen molar-refractivity contribution in [2.45, 2.75) is 57.9 Å². The van der Waals surface area contributed by atoms with Crippen molar-refractivity contribution in [1.29, 1.82) is 0 Å². The molecule has 5 nitrogen and oxygen atoms in total. The second-order valence-electron chi connectivity index (χ2n) is 7.94. The van der Waals surface area contributed by atoms with Crippen molar-refractivity contribution in [3.8, 4) is 5.75 Å². The van der Waals surface area contributed by atoms with Crippen LogP contribution in [0.1, 0.15) is 38.8 Å². The van der Waals surface area contributed by atoms with Crippen molar-refractivity contribution in [2.24, 2.45) is 0 Å². The topological polar surface area (TPSA) is 48.0 Å². The summed E-state index contributed by atoms with van der Waals surface area (Å²) in [7, 11) is 0.809. The molecule has 1 fully saturated rings. The van der Waals surface area contributed by atoms with E-state index in [0.717, 1.165) is 5.56 Å². The third kappa shape index (κ3) is 3.36. The third-order valence-corrected chi connectivity index (χ3v) is 5.70. The highest BCUT2D eigenvalue weighted by Crippen LogP contribution is 2.38. The second-order valence-corrected chi connectivity index (χ2v) is 7.94. The van der Waals surface area contributed by atoms with Gasteiger partial charge in [0.1, 0.15) is 5.75 Å². The zero-order valence-corrected chi connectivity index (χ0v) is 16.1. The van der Waals surface area contributed by atoms with Crippen LogP contribution < -0.4 is 10.2 Å². The van der Waals surface area contributed by atoms with Crippen molar-refractivity contribution in [3.63, 3.8) is 0 Å². The first-order valence-electron chi connectivity index (χ1n) is 8.77. The largest absolute Gasteiger partial charge is 0.496 e. The van der Waals surface area contributed by atoms with E-state index >= 15 is 0 Å². The van der Waals surface area contributed by atoms with E-state index in [9.17, 15) is 18.0 Å². The molecule has 0 aromatic heterocycles. The molecular weight excluding hydrogens is 362 g/mol. The highest BCUT2D eigenvalue weighted by atomic mass is 19.3. The molecule has 148 valence electrons. The summed E-state index contributed by atoms with van der Waals surface area (Å²) < 4.78 is 57.9. The van der Waals surface area contributed by atoms with Gasteiger partial charge >= 0.3 is 19.2 Å². The molecule has 3 rings (SSSR count). The van der Waals surface area contributed by atoms with Gasteiger partial charge in [-0.3, -0.25) is 4.79 Å². The maximum atomic E-state index is 13.8. The van der Waals surface area contributed by atoms with E-state index in [1.54, 1.807) is 12.1 Å². The van der Waals surface area contributed by atoms with Crippen LogP contribution in [-0.4, -0.2) is 49.0 Å². The van der Waals surface area contributed by atoms with Crippen molar-refractivity contribution < 1.29 is 32.0 Å². The summed E-state index contributed by atoms with van der Waals surface area (Å²) in [6.45, 7) is 7.23. The summed E-state index contributed by atoms with van der Waals surface area (Å²) in [5, 5.41) is 0. The van der Waals surface area contributed by atoms with Gasteiger partial charge in [-0.15, -0.1) is 0 Å². The Kier molecular flexibility index (Phi) is 4.85. The third-order valence-electron chi connectivity index (χ3n) is 5.70. The molecule has 0 N–H and O–H groups in total. The molecule has 9 heteroatoms. The van der Waals surface area contributed by atoms with Crippen molar-refractivity contribution >= 4 is 18.6 Å². The fourth-order valence-electron chi connectivity index (χ4n) is 3.34. The van der Waals surface area contributed by atoms with Crippen LogP contribution in [0.25, 0.3) is 0 Å². The quantitative estimate of drug-likeness (QED) is 0.453. The van der Waals surface area contributed by atoms with Gasteiger partial charge in [-0.25, -0.2) is 4.90 Å². The minimum absolute atomic E-state index is 0.151. The van der Waals surface area contributed by atoms with E-state index < -0.39 is 30.4 Å². The van der Waals surface area contributed by atoms with Gasteiger partial charge in [0.15, 0.2) is 0 Å². The number of carbonyl (C=O) groups is 1. The minimum Gasteiger partial charge on any atom is -0.496 e. The maximum Gasteiger partial charge on any atom is 0.494 e. The van der Waals surface area contributed by atoms with Gasteiger partial charge in [0.05, 0.1) is 18.3 Å². The van der Waals surface area contributed by atoms with Gasteiger partial charge in [0, 0.05) is 13.1 Å². The number of fused-ring (bicyclic) bond motifs is 1. The number of nitrogens with zero attached hydrogens (tertiary/aromatic N) is 1. The molecule has 27 heavy (non-hydrogen) atoms. The van der Waals surface area contributed by atoms with E-state index in [-0.39, 0.29) is 19.5 Å². The summed E-state index contributed by atoms with van der Waals surface area (Å²) >= 11 is 0. The van der Waals surface area contributed by atoms with Crippen LogP contribution in [-0.2, 0) is 27.1 Å². The fraction of sp³-hybridized carbons (Fsp3) is 0.611. The van der Waals surface area contributed by atoms with E-state index in [1.165, 1.54) is 7.11 Å². The van der Waals surface area contributed by atoms with Gasteiger partial charge in [0.2, 0.25) is 0 Å². The first kappa shape index (κ1) is 20.2. The predicted octanol–water partition coefficient (Wildman–Crippen LogP) is 2.44. The number of ether oxygens (including phenoxy) is 1. The van der Waals surface area contributed by atoms with Crippen LogP contribution in [0.2, 0.25) is 0 Å². The Morgan fingerprint density at radius 1 is 1.22 bits per heavy atom. The SMILES string of the molecule is COc1cc(B2OC(C)(C)C(C)(C)O2)cc2c1CCN(C(F)(F)C(=O)F)C2. The Balaban J connectivity index is 1.96. The normalized spacial score (nSPS) is 21.9. The van der Waals surface area contributed by atoms with Crippen LogP contribution in [0.15, 0.2) is 12.1 Å². The Labute approximate surface area is 156 Å².